The van der Waals surface area contributed by atoms with Crippen molar-refractivity contribution in [2.75, 3.05) is 20.2 Å². The predicted molar refractivity (Wildman–Crippen MR) is 104 cm³/mol. The van der Waals surface area contributed by atoms with Gasteiger partial charge in [-0.05, 0) is 43.2 Å². The molecule has 9 nitrogen and oxygen atoms in total. The number of hydrogen-bond acceptors (Lipinski definition) is 7. The number of carbonyl (C=O) groups excluding carboxylic acids is 1. The lowest BCUT2D eigenvalue weighted by Gasteiger charge is -2.25. The molecule has 0 amide bonds. The molecule has 1 fully saturated rings. The lowest BCUT2D eigenvalue weighted by molar-refractivity contribution is -0.385. The highest BCUT2D eigenvalue weighted by atomic mass is 32.2. The van der Waals surface area contributed by atoms with Crippen molar-refractivity contribution in [2.45, 2.75) is 24.2 Å². The van der Waals surface area contributed by atoms with Crippen LogP contribution in [0.25, 0.3) is 0 Å². The molecule has 0 aromatic heterocycles. The Labute approximate surface area is 168 Å². The van der Waals surface area contributed by atoms with Gasteiger partial charge < -0.3 is 9.47 Å². The van der Waals surface area contributed by atoms with E-state index in [9.17, 15) is 23.3 Å². The first-order valence-corrected chi connectivity index (χ1v) is 10.4. The molecule has 1 aliphatic heterocycles. The number of nitro benzene ring substituents is 1. The first-order valence-electron chi connectivity index (χ1n) is 8.98. The van der Waals surface area contributed by atoms with Gasteiger partial charge in [0.15, 0.2) is 0 Å². The largest absolute Gasteiger partial charge is 0.496 e. The zero-order valence-electron chi connectivity index (χ0n) is 15.7. The van der Waals surface area contributed by atoms with E-state index in [1.54, 1.807) is 0 Å². The Morgan fingerprint density at radius 1 is 1.10 bits per heavy atom. The fourth-order valence-electron chi connectivity index (χ4n) is 3.05. The number of piperidine rings is 1. The average molecular weight is 420 g/mol. The van der Waals surface area contributed by atoms with E-state index in [1.165, 1.54) is 47.8 Å². The number of methoxy groups -OCH3 is 1. The molecule has 0 spiro atoms. The van der Waals surface area contributed by atoms with Crippen molar-refractivity contribution in [3.63, 3.8) is 0 Å². The van der Waals surface area contributed by atoms with Crippen LogP contribution in [0.5, 0.6) is 11.5 Å². The van der Waals surface area contributed by atoms with Gasteiger partial charge in [0.1, 0.15) is 5.75 Å². The summed E-state index contributed by atoms with van der Waals surface area (Å²) in [7, 11) is -2.36. The van der Waals surface area contributed by atoms with Crippen molar-refractivity contribution in [3.8, 4) is 11.5 Å². The summed E-state index contributed by atoms with van der Waals surface area (Å²) in [5, 5.41) is 11.2. The summed E-state index contributed by atoms with van der Waals surface area (Å²) < 4.78 is 37.1. The van der Waals surface area contributed by atoms with Crippen molar-refractivity contribution in [3.05, 3.63) is 58.1 Å². The first-order chi connectivity index (χ1) is 13.8. The van der Waals surface area contributed by atoms with Gasteiger partial charge in [-0.1, -0.05) is 12.5 Å². The normalized spacial score (nSPS) is 14.9. The summed E-state index contributed by atoms with van der Waals surface area (Å²) in [6, 6.07) is 9.29. The Morgan fingerprint density at radius 3 is 2.48 bits per heavy atom. The van der Waals surface area contributed by atoms with E-state index >= 15 is 0 Å². The highest BCUT2D eigenvalue weighted by Crippen LogP contribution is 2.32. The third-order valence-electron chi connectivity index (χ3n) is 4.59. The number of esters is 1. The van der Waals surface area contributed by atoms with Crippen LogP contribution in [-0.4, -0.2) is 43.8 Å². The van der Waals surface area contributed by atoms with Gasteiger partial charge in [0.05, 0.1) is 28.6 Å². The number of sulfonamides is 1. The molecule has 0 atom stereocenters. The summed E-state index contributed by atoms with van der Waals surface area (Å²) >= 11 is 0. The van der Waals surface area contributed by atoms with Crippen molar-refractivity contribution >= 4 is 21.7 Å². The second kappa shape index (κ2) is 8.58. The quantitative estimate of drug-likeness (QED) is 0.305. The first kappa shape index (κ1) is 20.7. The molecule has 0 radical (unpaired) electrons. The topological polar surface area (TPSA) is 116 Å². The molecule has 3 rings (SSSR count). The third kappa shape index (κ3) is 4.54. The molecule has 29 heavy (non-hydrogen) atoms. The summed E-state index contributed by atoms with van der Waals surface area (Å²) in [4.78, 5) is 23.0. The zero-order chi connectivity index (χ0) is 21.0. The lowest BCUT2D eigenvalue weighted by atomic mass is 10.2. The Morgan fingerprint density at radius 2 is 1.83 bits per heavy atom. The van der Waals surface area contributed by atoms with Crippen LogP contribution in [-0.2, 0) is 10.0 Å². The monoisotopic (exact) mass is 420 g/mol. The molecule has 0 bridgehead atoms. The van der Waals surface area contributed by atoms with Crippen LogP contribution in [0, 0.1) is 10.1 Å². The van der Waals surface area contributed by atoms with E-state index in [0.29, 0.717) is 13.1 Å². The SMILES string of the molecule is COc1ccc(OC(=O)c2cccc(S(=O)(=O)N3CCCCC3)c2)c([N+](=O)[O-])c1. The smallest absolute Gasteiger partial charge is 0.343 e. The molecule has 2 aromatic rings. The molecule has 10 heteroatoms. The van der Waals surface area contributed by atoms with Crippen molar-refractivity contribution in [1.29, 1.82) is 0 Å². The predicted octanol–water partition coefficient (Wildman–Crippen LogP) is 3.00. The highest BCUT2D eigenvalue weighted by Gasteiger charge is 2.27. The molecule has 0 saturated carbocycles. The van der Waals surface area contributed by atoms with Crippen LogP contribution in [0.15, 0.2) is 47.4 Å². The maximum absolute atomic E-state index is 12.8. The van der Waals surface area contributed by atoms with Crippen molar-refractivity contribution in [2.24, 2.45) is 0 Å². The van der Waals surface area contributed by atoms with E-state index < -0.39 is 26.6 Å². The highest BCUT2D eigenvalue weighted by molar-refractivity contribution is 7.89. The average Bonchev–Trinajstić information content (AvgIpc) is 2.74. The lowest BCUT2D eigenvalue weighted by Crippen LogP contribution is -2.35. The van der Waals surface area contributed by atoms with Gasteiger partial charge >= 0.3 is 11.7 Å². The van der Waals surface area contributed by atoms with E-state index in [2.05, 4.69) is 0 Å². The van der Waals surface area contributed by atoms with Crippen LogP contribution in [0.1, 0.15) is 29.6 Å². The van der Waals surface area contributed by atoms with Gasteiger partial charge in [-0.3, -0.25) is 10.1 Å². The summed E-state index contributed by atoms with van der Waals surface area (Å²) in [6.45, 7) is 0.879. The number of carbonyl (C=O) groups is 1. The van der Waals surface area contributed by atoms with Crippen LogP contribution < -0.4 is 9.47 Å². The number of benzene rings is 2. The second-order valence-electron chi connectivity index (χ2n) is 6.47. The molecule has 1 heterocycles. The van der Waals surface area contributed by atoms with Crippen molar-refractivity contribution < 1.29 is 27.6 Å². The van der Waals surface area contributed by atoms with E-state index in [1.807, 2.05) is 0 Å². The molecule has 1 aliphatic rings. The standard InChI is InChI=1S/C19H20N2O7S/c1-27-15-8-9-18(17(13-15)21(23)24)28-19(22)14-6-5-7-16(12-14)29(25,26)20-10-3-2-4-11-20/h5-9,12-13H,2-4,10-11H2,1H3. The third-order valence-corrected chi connectivity index (χ3v) is 6.48. The zero-order valence-corrected chi connectivity index (χ0v) is 16.6. The van der Waals surface area contributed by atoms with Gasteiger partial charge in [0.25, 0.3) is 0 Å². The minimum absolute atomic E-state index is 0.0157. The summed E-state index contributed by atoms with van der Waals surface area (Å²) in [5.74, 6) is -0.912. The fraction of sp³-hybridized carbons (Fsp3) is 0.316. The molecule has 0 aliphatic carbocycles. The molecular formula is C19H20N2O7S. The molecule has 0 unspecified atom stereocenters. The maximum atomic E-state index is 12.8. The molecule has 154 valence electrons. The Hall–Kier alpha value is -2.98. The van der Waals surface area contributed by atoms with Gasteiger partial charge in [-0.15, -0.1) is 0 Å². The maximum Gasteiger partial charge on any atom is 0.343 e. The van der Waals surface area contributed by atoms with Crippen LogP contribution in [0.2, 0.25) is 0 Å². The van der Waals surface area contributed by atoms with Gasteiger partial charge in [0.2, 0.25) is 15.8 Å². The van der Waals surface area contributed by atoms with Crippen molar-refractivity contribution in [1.82, 2.24) is 4.31 Å². The molecule has 2 aromatic carbocycles. The van der Waals surface area contributed by atoms with Crippen LogP contribution in [0.3, 0.4) is 0 Å². The van der Waals surface area contributed by atoms with Crippen LogP contribution >= 0.6 is 0 Å². The van der Waals surface area contributed by atoms with Gasteiger partial charge in [-0.25, -0.2) is 13.2 Å². The molecule has 0 N–H and O–H groups in total. The van der Waals surface area contributed by atoms with E-state index in [-0.39, 0.29) is 22.0 Å². The van der Waals surface area contributed by atoms with E-state index in [0.717, 1.165) is 25.3 Å². The molecular weight excluding hydrogens is 400 g/mol. The van der Waals surface area contributed by atoms with Crippen LogP contribution in [0.4, 0.5) is 5.69 Å². The van der Waals surface area contributed by atoms with E-state index in [4.69, 9.17) is 9.47 Å². The number of rotatable bonds is 6. The second-order valence-corrected chi connectivity index (χ2v) is 8.41. The fourth-order valence-corrected chi connectivity index (χ4v) is 4.61. The minimum atomic E-state index is -3.72. The number of nitrogens with zero attached hydrogens (tertiary/aromatic N) is 2. The van der Waals surface area contributed by atoms with Gasteiger partial charge in [-0.2, -0.15) is 4.31 Å². The minimum Gasteiger partial charge on any atom is -0.496 e. The summed E-state index contributed by atoms with van der Waals surface area (Å²) in [5.41, 5.74) is -0.456. The number of hydrogen-bond donors (Lipinski definition) is 0. The Balaban J connectivity index is 1.86. The Kier molecular flexibility index (Phi) is 6.14. The number of nitro groups is 1. The van der Waals surface area contributed by atoms with Gasteiger partial charge in [0, 0.05) is 13.1 Å². The number of ether oxygens (including phenoxy) is 2. The summed E-state index contributed by atoms with van der Waals surface area (Å²) in [6.07, 6.45) is 2.57. The molecule has 1 saturated heterocycles. The Bertz CT molecular complexity index is 1030.